The van der Waals surface area contributed by atoms with E-state index in [2.05, 4.69) is 14.7 Å². The van der Waals surface area contributed by atoms with Gasteiger partial charge in [-0.3, -0.25) is 4.79 Å². The van der Waals surface area contributed by atoms with Crippen LogP contribution in [0.4, 0.5) is 18.9 Å². The molecule has 1 aliphatic heterocycles. The minimum absolute atomic E-state index is 0.242. The van der Waals surface area contributed by atoms with Crippen molar-refractivity contribution in [2.45, 2.75) is 52.0 Å². The van der Waals surface area contributed by atoms with E-state index >= 15 is 0 Å². The van der Waals surface area contributed by atoms with Gasteiger partial charge in [0.15, 0.2) is 11.6 Å². The number of carbonyl (C=O) groups excluding carboxylic acids is 1. The summed E-state index contributed by atoms with van der Waals surface area (Å²) in [6.45, 7) is 8.96. The molecule has 1 N–H and O–H groups in total. The molecule has 0 atom stereocenters. The van der Waals surface area contributed by atoms with Gasteiger partial charge in [-0.15, -0.1) is 0 Å². The predicted octanol–water partition coefficient (Wildman–Crippen LogP) is 3.55. The topological polar surface area (TPSA) is 73.6 Å². The summed E-state index contributed by atoms with van der Waals surface area (Å²) in [7, 11) is -0.579. The van der Waals surface area contributed by atoms with Gasteiger partial charge >= 0.3 is 13.3 Å². The number of nitrogens with one attached hydrogen (secondary N) is 1. The number of hydrogen-bond acceptors (Lipinski definition) is 5. The lowest BCUT2D eigenvalue weighted by Crippen LogP contribution is -2.41. The van der Waals surface area contributed by atoms with Crippen molar-refractivity contribution in [1.29, 1.82) is 0 Å². The van der Waals surface area contributed by atoms with Gasteiger partial charge in [0, 0.05) is 12.6 Å². The van der Waals surface area contributed by atoms with Gasteiger partial charge in [-0.1, -0.05) is 12.1 Å². The summed E-state index contributed by atoms with van der Waals surface area (Å²) >= 11 is 0. The van der Waals surface area contributed by atoms with Gasteiger partial charge in [0.05, 0.1) is 11.2 Å². The summed E-state index contributed by atoms with van der Waals surface area (Å²) in [5.74, 6) is -2.67. The largest absolute Gasteiger partial charge is 0.494 e. The number of nitrogens with zero attached hydrogens (tertiary/aromatic N) is 1. The normalized spacial score (nSPS) is 18.4. The summed E-state index contributed by atoms with van der Waals surface area (Å²) in [4.78, 5) is 15.8. The van der Waals surface area contributed by atoms with E-state index in [9.17, 15) is 18.0 Å². The van der Waals surface area contributed by atoms with Crippen LogP contribution in [0.3, 0.4) is 0 Å². The molecule has 0 saturated carbocycles. The van der Waals surface area contributed by atoms with Gasteiger partial charge in [-0.2, -0.15) is 13.2 Å². The highest BCUT2D eigenvalue weighted by Gasteiger charge is 2.51. The van der Waals surface area contributed by atoms with E-state index in [0.717, 1.165) is 5.46 Å². The lowest BCUT2D eigenvalue weighted by Gasteiger charge is -2.32. The van der Waals surface area contributed by atoms with Crippen LogP contribution in [0.1, 0.15) is 49.8 Å². The SMILES string of the molecule is Cc1nc(C(=O)Nc2ccc(B3OC(C)(C)C(C)(C)O3)cc2)c(C(F)(F)F)o1. The molecule has 1 aromatic carbocycles. The fraction of sp³-hybridized carbons (Fsp3) is 0.444. The molecule has 2 heterocycles. The number of amides is 1. The summed E-state index contributed by atoms with van der Waals surface area (Å²) in [6.07, 6.45) is -4.81. The predicted molar refractivity (Wildman–Crippen MR) is 96.4 cm³/mol. The number of alkyl halides is 3. The molecule has 0 aliphatic carbocycles. The van der Waals surface area contributed by atoms with Crippen LogP contribution in [0.5, 0.6) is 0 Å². The molecular formula is C18H20BF3N2O4. The third-order valence-electron chi connectivity index (χ3n) is 4.90. The molecule has 1 saturated heterocycles. The third kappa shape index (κ3) is 3.79. The van der Waals surface area contributed by atoms with Crippen LogP contribution < -0.4 is 10.8 Å². The highest BCUT2D eigenvalue weighted by Crippen LogP contribution is 2.36. The summed E-state index contributed by atoms with van der Waals surface area (Å²) in [5.41, 5.74) is -0.767. The van der Waals surface area contributed by atoms with Gasteiger partial charge < -0.3 is 19.0 Å². The molecule has 6 nitrogen and oxygen atoms in total. The Kier molecular flexibility index (Phi) is 4.83. The molecule has 3 rings (SSSR count). The van der Waals surface area contributed by atoms with Crippen molar-refractivity contribution in [1.82, 2.24) is 4.98 Å². The number of hydrogen-bond donors (Lipinski definition) is 1. The first-order valence-corrected chi connectivity index (χ1v) is 8.62. The lowest BCUT2D eigenvalue weighted by molar-refractivity contribution is -0.153. The van der Waals surface area contributed by atoms with E-state index in [0.29, 0.717) is 5.69 Å². The minimum atomic E-state index is -4.81. The van der Waals surface area contributed by atoms with Gasteiger partial charge in [0.25, 0.3) is 5.91 Å². The number of oxazole rings is 1. The van der Waals surface area contributed by atoms with Crippen LogP contribution in [0.2, 0.25) is 0 Å². The molecule has 150 valence electrons. The molecule has 1 fully saturated rings. The Bertz CT molecular complexity index is 875. The van der Waals surface area contributed by atoms with Crippen LogP contribution in [-0.4, -0.2) is 29.2 Å². The highest BCUT2D eigenvalue weighted by atomic mass is 19.4. The van der Waals surface area contributed by atoms with Crippen molar-refractivity contribution in [3.63, 3.8) is 0 Å². The van der Waals surface area contributed by atoms with Crippen LogP contribution in [0.25, 0.3) is 0 Å². The zero-order valence-corrected chi connectivity index (χ0v) is 16.1. The molecule has 0 radical (unpaired) electrons. The Morgan fingerprint density at radius 3 is 2.11 bits per heavy atom. The molecule has 0 bridgehead atoms. The number of rotatable bonds is 3. The van der Waals surface area contributed by atoms with E-state index in [1.807, 2.05) is 27.7 Å². The van der Waals surface area contributed by atoms with Crippen LogP contribution >= 0.6 is 0 Å². The van der Waals surface area contributed by atoms with Gasteiger partial charge in [-0.25, -0.2) is 4.98 Å². The Morgan fingerprint density at radius 1 is 1.07 bits per heavy atom. The number of halogens is 3. The van der Waals surface area contributed by atoms with Gasteiger partial charge in [0.1, 0.15) is 0 Å². The van der Waals surface area contributed by atoms with Crippen molar-refractivity contribution < 1.29 is 31.7 Å². The average Bonchev–Trinajstić information content (AvgIpc) is 3.05. The first-order chi connectivity index (χ1) is 12.8. The molecule has 28 heavy (non-hydrogen) atoms. The Balaban J connectivity index is 1.75. The van der Waals surface area contributed by atoms with Crippen molar-refractivity contribution in [2.75, 3.05) is 5.32 Å². The lowest BCUT2D eigenvalue weighted by atomic mass is 9.79. The maximum Gasteiger partial charge on any atom is 0.494 e. The number of anilines is 1. The quantitative estimate of drug-likeness (QED) is 0.804. The van der Waals surface area contributed by atoms with E-state index in [-0.39, 0.29) is 5.89 Å². The first-order valence-electron chi connectivity index (χ1n) is 8.62. The van der Waals surface area contributed by atoms with Crippen LogP contribution in [0.15, 0.2) is 28.7 Å². The molecule has 2 aromatic rings. The maximum absolute atomic E-state index is 13.0. The number of aromatic nitrogens is 1. The summed E-state index contributed by atoms with van der Waals surface area (Å²) in [5, 5.41) is 2.39. The van der Waals surface area contributed by atoms with E-state index in [1.54, 1.807) is 24.3 Å². The number of carbonyl (C=O) groups is 1. The van der Waals surface area contributed by atoms with Crippen molar-refractivity contribution in [2.24, 2.45) is 0 Å². The second kappa shape index (κ2) is 6.63. The van der Waals surface area contributed by atoms with Gasteiger partial charge in [0.2, 0.25) is 5.76 Å². The fourth-order valence-electron chi connectivity index (χ4n) is 2.67. The molecule has 0 spiro atoms. The van der Waals surface area contributed by atoms with Crippen molar-refractivity contribution in [3.8, 4) is 0 Å². The van der Waals surface area contributed by atoms with Gasteiger partial charge in [-0.05, 0) is 45.3 Å². The molecule has 1 amide bonds. The Labute approximate surface area is 160 Å². The average molecular weight is 396 g/mol. The second-order valence-electron chi connectivity index (χ2n) is 7.57. The molecule has 0 unspecified atom stereocenters. The maximum atomic E-state index is 13.0. The third-order valence-corrected chi connectivity index (χ3v) is 4.90. The molecular weight excluding hydrogens is 376 g/mol. The summed E-state index contributed by atoms with van der Waals surface area (Å²) < 4.78 is 55.3. The van der Waals surface area contributed by atoms with E-state index in [4.69, 9.17) is 9.31 Å². The fourth-order valence-corrected chi connectivity index (χ4v) is 2.67. The molecule has 1 aromatic heterocycles. The zero-order chi connectivity index (χ0) is 20.9. The molecule has 10 heteroatoms. The zero-order valence-electron chi connectivity index (χ0n) is 16.1. The smallest absolute Gasteiger partial charge is 0.436 e. The van der Waals surface area contributed by atoms with E-state index in [1.165, 1.54) is 6.92 Å². The minimum Gasteiger partial charge on any atom is -0.436 e. The van der Waals surface area contributed by atoms with Crippen molar-refractivity contribution >= 4 is 24.2 Å². The standard InChI is InChI=1S/C18H20BF3N2O4/c1-10-23-13(14(26-10)18(20,21)22)15(25)24-12-8-6-11(7-9-12)19-27-16(2,3)17(4,5)28-19/h6-9H,1-5H3,(H,24,25). The Morgan fingerprint density at radius 2 is 1.61 bits per heavy atom. The number of benzene rings is 1. The number of aryl methyl sites for hydroxylation is 1. The summed E-state index contributed by atoms with van der Waals surface area (Å²) in [6, 6.07) is 6.46. The highest BCUT2D eigenvalue weighted by molar-refractivity contribution is 6.62. The molecule has 1 aliphatic rings. The second-order valence-corrected chi connectivity index (χ2v) is 7.57. The van der Waals surface area contributed by atoms with Crippen LogP contribution in [0, 0.1) is 6.92 Å². The monoisotopic (exact) mass is 396 g/mol. The van der Waals surface area contributed by atoms with Crippen molar-refractivity contribution in [3.05, 3.63) is 41.6 Å². The van der Waals surface area contributed by atoms with Crippen LogP contribution in [-0.2, 0) is 15.5 Å². The Hall–Kier alpha value is -2.33. The first kappa shape index (κ1) is 20.4. The van der Waals surface area contributed by atoms with E-state index < -0.39 is 41.9 Å².